The average Bonchev–Trinajstić information content (AvgIpc) is 2.79. The van der Waals surface area contributed by atoms with Crippen LogP contribution in [0.5, 0.6) is 5.75 Å². The zero-order valence-electron chi connectivity index (χ0n) is 8.89. The Hall–Kier alpha value is -1.30. The Morgan fingerprint density at radius 1 is 1.44 bits per heavy atom. The van der Waals surface area contributed by atoms with Gasteiger partial charge in [0, 0.05) is 16.6 Å². The summed E-state index contributed by atoms with van der Waals surface area (Å²) < 4.78 is 5.41. The number of hydrogen-bond acceptors (Lipinski definition) is 4. The number of hydrogen-bond donors (Lipinski definition) is 1. The molecule has 4 nitrogen and oxygen atoms in total. The first kappa shape index (κ1) is 13.1. The molecule has 94 valence electrons. The normalized spacial score (nSPS) is 10.3. The highest BCUT2D eigenvalue weighted by Gasteiger charge is 2.17. The summed E-state index contributed by atoms with van der Waals surface area (Å²) in [5.74, 6) is -1.04. The molecule has 2 aromatic rings. The third-order valence-electron chi connectivity index (χ3n) is 2.06. The van der Waals surface area contributed by atoms with E-state index in [-0.39, 0.29) is 28.0 Å². The number of benzene rings is 1. The maximum Gasteiger partial charge on any atom is 0.339 e. The van der Waals surface area contributed by atoms with E-state index >= 15 is 0 Å². The average molecular weight is 304 g/mol. The van der Waals surface area contributed by atoms with Crippen molar-refractivity contribution in [1.82, 2.24) is 4.98 Å². The van der Waals surface area contributed by atoms with Crippen LogP contribution in [0.15, 0.2) is 23.7 Å². The molecule has 1 aromatic heterocycles. The van der Waals surface area contributed by atoms with Crippen molar-refractivity contribution in [3.05, 3.63) is 44.3 Å². The van der Waals surface area contributed by atoms with Crippen molar-refractivity contribution in [2.24, 2.45) is 0 Å². The van der Waals surface area contributed by atoms with Crippen molar-refractivity contribution in [3.8, 4) is 5.75 Å². The molecule has 1 heterocycles. The Bertz CT molecular complexity index is 572. The Morgan fingerprint density at radius 3 is 2.83 bits per heavy atom. The van der Waals surface area contributed by atoms with Crippen LogP contribution in [0.2, 0.25) is 10.0 Å². The molecule has 0 bridgehead atoms. The predicted molar refractivity (Wildman–Crippen MR) is 69.9 cm³/mol. The topological polar surface area (TPSA) is 59.4 Å². The van der Waals surface area contributed by atoms with Gasteiger partial charge in [0.1, 0.15) is 17.2 Å². The van der Waals surface area contributed by atoms with E-state index in [1.165, 1.54) is 23.5 Å². The quantitative estimate of drug-likeness (QED) is 0.935. The molecule has 18 heavy (non-hydrogen) atoms. The molecule has 0 aliphatic heterocycles. The number of aromatic carboxylic acids is 1. The second kappa shape index (κ2) is 5.56. The summed E-state index contributed by atoms with van der Waals surface area (Å²) >= 11 is 13.1. The molecule has 0 aliphatic rings. The van der Waals surface area contributed by atoms with E-state index in [1.54, 1.807) is 11.6 Å². The molecule has 0 unspecified atom stereocenters. The van der Waals surface area contributed by atoms with Crippen molar-refractivity contribution in [2.45, 2.75) is 6.61 Å². The molecular weight excluding hydrogens is 297 g/mol. The molecule has 0 fully saturated rings. The van der Waals surface area contributed by atoms with Crippen LogP contribution in [0, 0.1) is 0 Å². The highest BCUT2D eigenvalue weighted by molar-refractivity contribution is 7.09. The lowest BCUT2D eigenvalue weighted by Crippen LogP contribution is -2.04. The Morgan fingerprint density at radius 2 is 2.22 bits per heavy atom. The molecule has 0 spiro atoms. The van der Waals surface area contributed by atoms with E-state index in [0.717, 1.165) is 5.01 Å². The Balaban J connectivity index is 2.28. The van der Waals surface area contributed by atoms with Gasteiger partial charge in [-0.05, 0) is 12.1 Å². The number of thiazole rings is 1. The fourth-order valence-corrected chi connectivity index (χ4v) is 2.40. The maximum atomic E-state index is 11.1. The standard InChI is InChI=1S/C11H7Cl2NO3S/c12-6-3-7(11(15)16)10(8(13)4-6)17-5-9-14-1-2-18-9/h1-4H,5H2,(H,15,16). The molecular formula is C11H7Cl2NO3S. The Labute approximate surface area is 117 Å². The molecule has 1 aromatic carbocycles. The summed E-state index contributed by atoms with van der Waals surface area (Å²) in [7, 11) is 0. The summed E-state index contributed by atoms with van der Waals surface area (Å²) in [6.45, 7) is 0.166. The van der Waals surface area contributed by atoms with E-state index in [2.05, 4.69) is 4.98 Å². The van der Waals surface area contributed by atoms with E-state index in [0.29, 0.717) is 0 Å². The van der Waals surface area contributed by atoms with Gasteiger partial charge in [0.2, 0.25) is 0 Å². The van der Waals surface area contributed by atoms with Crippen molar-refractivity contribution in [3.63, 3.8) is 0 Å². The molecule has 0 saturated carbocycles. The van der Waals surface area contributed by atoms with Gasteiger partial charge in [0.15, 0.2) is 5.75 Å². The smallest absolute Gasteiger partial charge is 0.339 e. The first-order valence-corrected chi connectivity index (χ1v) is 6.45. The first-order valence-electron chi connectivity index (χ1n) is 4.81. The van der Waals surface area contributed by atoms with Crippen molar-refractivity contribution < 1.29 is 14.6 Å². The first-order chi connectivity index (χ1) is 8.58. The maximum absolute atomic E-state index is 11.1. The molecule has 2 rings (SSSR count). The van der Waals surface area contributed by atoms with Gasteiger partial charge in [-0.15, -0.1) is 11.3 Å². The fourth-order valence-electron chi connectivity index (χ4n) is 1.32. The number of nitrogens with zero attached hydrogens (tertiary/aromatic N) is 1. The van der Waals surface area contributed by atoms with Crippen LogP contribution in [0.3, 0.4) is 0 Å². The number of carbonyl (C=O) groups is 1. The largest absolute Gasteiger partial charge is 0.484 e. The minimum absolute atomic E-state index is 0.0657. The number of rotatable bonds is 4. The van der Waals surface area contributed by atoms with Crippen LogP contribution in [0.1, 0.15) is 15.4 Å². The van der Waals surface area contributed by atoms with E-state index in [1.807, 2.05) is 0 Å². The van der Waals surface area contributed by atoms with Gasteiger partial charge < -0.3 is 9.84 Å². The predicted octanol–water partition coefficient (Wildman–Crippen LogP) is 3.73. The third kappa shape index (κ3) is 2.93. The zero-order valence-corrected chi connectivity index (χ0v) is 11.2. The van der Waals surface area contributed by atoms with Gasteiger partial charge in [-0.2, -0.15) is 0 Å². The molecule has 1 N–H and O–H groups in total. The van der Waals surface area contributed by atoms with Gasteiger partial charge in [-0.25, -0.2) is 9.78 Å². The van der Waals surface area contributed by atoms with Gasteiger partial charge >= 0.3 is 5.97 Å². The lowest BCUT2D eigenvalue weighted by molar-refractivity contribution is 0.0691. The molecule has 0 aliphatic carbocycles. The number of aromatic nitrogens is 1. The van der Waals surface area contributed by atoms with E-state index in [9.17, 15) is 4.79 Å². The summed E-state index contributed by atoms with van der Waals surface area (Å²) in [6.07, 6.45) is 1.64. The summed E-state index contributed by atoms with van der Waals surface area (Å²) in [5, 5.41) is 12.0. The van der Waals surface area contributed by atoms with Crippen molar-refractivity contribution in [1.29, 1.82) is 0 Å². The van der Waals surface area contributed by atoms with E-state index in [4.69, 9.17) is 33.0 Å². The van der Waals surface area contributed by atoms with Crippen LogP contribution in [0.4, 0.5) is 0 Å². The molecule has 0 amide bonds. The van der Waals surface area contributed by atoms with Crippen LogP contribution >= 0.6 is 34.5 Å². The van der Waals surface area contributed by atoms with Crippen molar-refractivity contribution in [2.75, 3.05) is 0 Å². The minimum atomic E-state index is -1.14. The molecule has 0 saturated heterocycles. The van der Waals surface area contributed by atoms with Gasteiger partial charge in [-0.3, -0.25) is 0 Å². The number of carboxylic acid groups (broad SMARTS) is 1. The minimum Gasteiger partial charge on any atom is -0.484 e. The third-order valence-corrected chi connectivity index (χ3v) is 3.31. The molecule has 7 heteroatoms. The van der Waals surface area contributed by atoms with Crippen LogP contribution in [-0.4, -0.2) is 16.1 Å². The zero-order chi connectivity index (χ0) is 13.1. The fraction of sp³-hybridized carbons (Fsp3) is 0.0909. The lowest BCUT2D eigenvalue weighted by atomic mass is 10.2. The van der Waals surface area contributed by atoms with Crippen molar-refractivity contribution >= 4 is 40.5 Å². The van der Waals surface area contributed by atoms with Crippen LogP contribution in [-0.2, 0) is 6.61 Å². The number of halogens is 2. The van der Waals surface area contributed by atoms with Gasteiger partial charge in [0.05, 0.1) is 5.02 Å². The van der Waals surface area contributed by atoms with Crippen LogP contribution in [0.25, 0.3) is 0 Å². The van der Waals surface area contributed by atoms with E-state index < -0.39 is 5.97 Å². The highest BCUT2D eigenvalue weighted by atomic mass is 35.5. The Kier molecular flexibility index (Phi) is 4.06. The van der Waals surface area contributed by atoms with Gasteiger partial charge in [0.25, 0.3) is 0 Å². The lowest BCUT2D eigenvalue weighted by Gasteiger charge is -2.10. The molecule has 0 radical (unpaired) electrons. The van der Waals surface area contributed by atoms with Crippen LogP contribution < -0.4 is 4.74 Å². The SMILES string of the molecule is O=C(O)c1cc(Cl)cc(Cl)c1OCc1nccs1. The second-order valence-corrected chi connectivity index (χ2v) is 5.11. The second-order valence-electron chi connectivity index (χ2n) is 3.28. The highest BCUT2D eigenvalue weighted by Crippen LogP contribution is 2.33. The summed E-state index contributed by atoms with van der Waals surface area (Å²) in [4.78, 5) is 15.1. The number of carboxylic acids is 1. The number of ether oxygens (including phenoxy) is 1. The summed E-state index contributed by atoms with van der Waals surface area (Å²) in [6, 6.07) is 2.74. The summed E-state index contributed by atoms with van der Waals surface area (Å²) in [5.41, 5.74) is -0.0657. The molecule has 0 atom stereocenters. The van der Waals surface area contributed by atoms with Gasteiger partial charge in [-0.1, -0.05) is 23.2 Å². The monoisotopic (exact) mass is 303 g/mol.